The van der Waals surface area contributed by atoms with Crippen LogP contribution < -0.4 is 0 Å². The van der Waals surface area contributed by atoms with Gasteiger partial charge in [-0.15, -0.1) is 0 Å². The minimum absolute atomic E-state index is 0.239. The number of hydrogen-bond donors (Lipinski definition) is 2. The standard InChI is InChI=1S/C16H26O2/c1-16(8-18)7-11-6-13(16)15-10-4-9(2-3-17)12(5-10)14(11)15/h9-15,17-18H,2-8H2,1H3. The monoisotopic (exact) mass is 250 g/mol. The summed E-state index contributed by atoms with van der Waals surface area (Å²) in [7, 11) is 0. The molecule has 4 aliphatic carbocycles. The van der Waals surface area contributed by atoms with Crippen molar-refractivity contribution in [2.24, 2.45) is 46.8 Å². The minimum Gasteiger partial charge on any atom is -0.396 e. The highest BCUT2D eigenvalue weighted by Crippen LogP contribution is 2.72. The van der Waals surface area contributed by atoms with Gasteiger partial charge in [-0.2, -0.15) is 0 Å². The van der Waals surface area contributed by atoms with Gasteiger partial charge in [0.15, 0.2) is 0 Å². The zero-order valence-electron chi connectivity index (χ0n) is 11.4. The zero-order chi connectivity index (χ0) is 12.5. The van der Waals surface area contributed by atoms with E-state index in [0.29, 0.717) is 13.2 Å². The maximum absolute atomic E-state index is 9.74. The van der Waals surface area contributed by atoms with Gasteiger partial charge >= 0.3 is 0 Å². The van der Waals surface area contributed by atoms with Crippen LogP contribution in [0.5, 0.6) is 0 Å². The lowest BCUT2D eigenvalue weighted by atomic mass is 9.60. The molecule has 2 nitrogen and oxygen atoms in total. The summed E-state index contributed by atoms with van der Waals surface area (Å²) in [4.78, 5) is 0. The first-order chi connectivity index (χ1) is 8.68. The van der Waals surface area contributed by atoms with Crippen LogP contribution in [0.1, 0.15) is 39.0 Å². The van der Waals surface area contributed by atoms with Crippen LogP contribution in [0.2, 0.25) is 0 Å². The minimum atomic E-state index is 0.239. The molecule has 8 unspecified atom stereocenters. The molecular formula is C16H26O2. The van der Waals surface area contributed by atoms with Crippen molar-refractivity contribution >= 4 is 0 Å². The summed E-state index contributed by atoms with van der Waals surface area (Å²) < 4.78 is 0. The van der Waals surface area contributed by atoms with Crippen molar-refractivity contribution in [3.05, 3.63) is 0 Å². The molecule has 102 valence electrons. The van der Waals surface area contributed by atoms with Crippen molar-refractivity contribution in [1.82, 2.24) is 0 Å². The lowest BCUT2D eigenvalue weighted by Gasteiger charge is -2.45. The summed E-state index contributed by atoms with van der Waals surface area (Å²) in [5, 5.41) is 19.0. The van der Waals surface area contributed by atoms with Crippen LogP contribution >= 0.6 is 0 Å². The van der Waals surface area contributed by atoms with E-state index in [0.717, 1.165) is 47.8 Å². The molecule has 0 aromatic heterocycles. The molecule has 0 aliphatic heterocycles. The maximum Gasteiger partial charge on any atom is 0.0487 e. The Bertz CT molecular complexity index is 353. The van der Waals surface area contributed by atoms with E-state index in [9.17, 15) is 10.2 Å². The van der Waals surface area contributed by atoms with Crippen LogP contribution in [0.3, 0.4) is 0 Å². The molecule has 0 aromatic rings. The fourth-order valence-corrected chi connectivity index (χ4v) is 6.89. The van der Waals surface area contributed by atoms with Crippen LogP contribution in [0.25, 0.3) is 0 Å². The van der Waals surface area contributed by atoms with E-state index in [1.54, 1.807) is 0 Å². The first-order valence-corrected chi connectivity index (χ1v) is 7.89. The lowest BCUT2D eigenvalue weighted by molar-refractivity contribution is -0.00847. The van der Waals surface area contributed by atoms with Crippen LogP contribution in [-0.2, 0) is 0 Å². The third-order valence-corrected chi connectivity index (χ3v) is 7.32. The molecule has 4 fully saturated rings. The number of aliphatic hydroxyl groups is 2. The molecule has 4 saturated carbocycles. The Kier molecular flexibility index (Phi) is 2.43. The topological polar surface area (TPSA) is 40.5 Å². The van der Waals surface area contributed by atoms with Gasteiger partial charge in [0.25, 0.3) is 0 Å². The molecule has 0 aromatic carbocycles. The van der Waals surface area contributed by atoms with Gasteiger partial charge in [-0.3, -0.25) is 0 Å². The third kappa shape index (κ3) is 1.27. The average molecular weight is 250 g/mol. The second kappa shape index (κ2) is 3.73. The Morgan fingerprint density at radius 1 is 1.06 bits per heavy atom. The summed E-state index contributed by atoms with van der Waals surface area (Å²) in [6, 6.07) is 0. The Morgan fingerprint density at radius 2 is 1.89 bits per heavy atom. The molecule has 0 spiro atoms. The van der Waals surface area contributed by atoms with Crippen molar-refractivity contribution in [3.63, 3.8) is 0 Å². The smallest absolute Gasteiger partial charge is 0.0487 e. The average Bonchev–Trinajstić information content (AvgIpc) is 3.05. The van der Waals surface area contributed by atoms with Crippen molar-refractivity contribution in [1.29, 1.82) is 0 Å². The first kappa shape index (κ1) is 11.7. The zero-order valence-corrected chi connectivity index (χ0v) is 11.4. The Morgan fingerprint density at radius 3 is 2.61 bits per heavy atom. The van der Waals surface area contributed by atoms with Gasteiger partial charge in [-0.25, -0.2) is 0 Å². The highest BCUT2D eigenvalue weighted by atomic mass is 16.3. The molecular weight excluding hydrogens is 224 g/mol. The maximum atomic E-state index is 9.74. The fourth-order valence-electron chi connectivity index (χ4n) is 6.89. The summed E-state index contributed by atoms with van der Waals surface area (Å²) in [6.07, 6.45) is 6.51. The van der Waals surface area contributed by atoms with Crippen molar-refractivity contribution in [2.75, 3.05) is 13.2 Å². The summed E-state index contributed by atoms with van der Waals surface area (Å²) in [5.41, 5.74) is 0.239. The van der Waals surface area contributed by atoms with E-state index >= 15 is 0 Å². The van der Waals surface area contributed by atoms with Crippen molar-refractivity contribution in [2.45, 2.75) is 39.0 Å². The molecule has 2 N–H and O–H groups in total. The fraction of sp³-hybridized carbons (Fsp3) is 1.00. The van der Waals surface area contributed by atoms with Crippen LogP contribution in [0.4, 0.5) is 0 Å². The van der Waals surface area contributed by atoms with Gasteiger partial charge in [0.2, 0.25) is 0 Å². The molecule has 4 bridgehead atoms. The largest absolute Gasteiger partial charge is 0.396 e. The predicted octanol–water partition coefficient (Wildman–Crippen LogP) is 2.30. The summed E-state index contributed by atoms with van der Waals surface area (Å²) in [5.74, 6) is 6.27. The second-order valence-corrected chi connectivity index (χ2v) is 7.94. The van der Waals surface area contributed by atoms with Crippen molar-refractivity contribution in [3.8, 4) is 0 Å². The molecule has 0 radical (unpaired) electrons. The highest BCUT2D eigenvalue weighted by Gasteiger charge is 2.66. The van der Waals surface area contributed by atoms with Gasteiger partial charge in [0, 0.05) is 13.2 Å². The summed E-state index contributed by atoms with van der Waals surface area (Å²) in [6.45, 7) is 3.10. The van der Waals surface area contributed by atoms with Gasteiger partial charge in [-0.05, 0) is 78.9 Å². The third-order valence-electron chi connectivity index (χ3n) is 7.32. The number of rotatable bonds is 3. The van der Waals surface area contributed by atoms with Gasteiger partial charge < -0.3 is 10.2 Å². The normalized spacial score (nSPS) is 60.5. The predicted molar refractivity (Wildman–Crippen MR) is 69.8 cm³/mol. The first-order valence-electron chi connectivity index (χ1n) is 7.89. The van der Waals surface area contributed by atoms with E-state index in [-0.39, 0.29) is 5.41 Å². The van der Waals surface area contributed by atoms with Crippen LogP contribution in [0.15, 0.2) is 0 Å². The Hall–Kier alpha value is -0.0800. The molecule has 2 heteroatoms. The number of fused-ring (bicyclic) bond motifs is 9. The van der Waals surface area contributed by atoms with E-state index in [1.165, 1.54) is 25.7 Å². The second-order valence-electron chi connectivity index (χ2n) is 7.94. The van der Waals surface area contributed by atoms with Crippen LogP contribution in [0, 0.1) is 46.8 Å². The highest BCUT2D eigenvalue weighted by molar-refractivity contribution is 5.15. The molecule has 0 saturated heterocycles. The molecule has 8 atom stereocenters. The Balaban J connectivity index is 1.60. The van der Waals surface area contributed by atoms with Gasteiger partial charge in [0.1, 0.15) is 0 Å². The Labute approximate surface area is 110 Å². The van der Waals surface area contributed by atoms with E-state index in [4.69, 9.17) is 0 Å². The molecule has 18 heavy (non-hydrogen) atoms. The number of hydrogen-bond acceptors (Lipinski definition) is 2. The molecule has 0 amide bonds. The van der Waals surface area contributed by atoms with E-state index in [2.05, 4.69) is 6.92 Å². The number of aliphatic hydroxyl groups excluding tert-OH is 2. The summed E-state index contributed by atoms with van der Waals surface area (Å²) >= 11 is 0. The van der Waals surface area contributed by atoms with E-state index < -0.39 is 0 Å². The van der Waals surface area contributed by atoms with Crippen molar-refractivity contribution < 1.29 is 10.2 Å². The lowest BCUT2D eigenvalue weighted by Crippen LogP contribution is -2.42. The SMILES string of the molecule is CC1(CO)CC2CC1C1C3CC(CCO)C(C3)C21. The van der Waals surface area contributed by atoms with Crippen LogP contribution in [-0.4, -0.2) is 23.4 Å². The molecule has 4 rings (SSSR count). The molecule has 0 heterocycles. The molecule has 4 aliphatic rings. The van der Waals surface area contributed by atoms with E-state index in [1.807, 2.05) is 0 Å². The van der Waals surface area contributed by atoms with Gasteiger partial charge in [0.05, 0.1) is 0 Å². The quantitative estimate of drug-likeness (QED) is 0.755. The van der Waals surface area contributed by atoms with Gasteiger partial charge in [-0.1, -0.05) is 6.92 Å².